The quantitative estimate of drug-likeness (QED) is 0.165. The van der Waals surface area contributed by atoms with Gasteiger partial charge in [-0.3, -0.25) is 0 Å². The second-order valence-corrected chi connectivity index (χ2v) is 13.4. The number of benzene rings is 7. The van der Waals surface area contributed by atoms with Gasteiger partial charge in [-0.1, -0.05) is 146 Å². The third kappa shape index (κ3) is 5.43. The molecule has 0 aliphatic rings. The highest BCUT2D eigenvalue weighted by molar-refractivity contribution is 6.08. The zero-order valence-corrected chi connectivity index (χ0v) is 29.9. The van der Waals surface area contributed by atoms with E-state index in [9.17, 15) is 0 Å². The Morgan fingerprint density at radius 1 is 0.564 bits per heavy atom. The van der Waals surface area contributed by atoms with Crippen molar-refractivity contribution in [2.75, 3.05) is 0 Å². The number of fused-ring (bicyclic) bond motifs is 5. The van der Waals surface area contributed by atoms with E-state index >= 15 is 0 Å². The zero-order valence-electron chi connectivity index (χ0n) is 34.9. The number of hydrogen-bond donors (Lipinski definition) is 0. The van der Waals surface area contributed by atoms with Crippen LogP contribution in [-0.2, 0) is 6.37 Å². The van der Waals surface area contributed by atoms with Crippen LogP contribution < -0.4 is 0 Å². The lowest BCUT2D eigenvalue weighted by molar-refractivity contribution is 0.630. The fraction of sp³-hybridized carbons (Fsp3) is 0.0600. The van der Waals surface area contributed by atoms with Gasteiger partial charge in [-0.15, -0.1) is 0 Å². The number of rotatable bonds is 7. The highest BCUT2D eigenvalue weighted by Crippen LogP contribution is 2.51. The van der Waals surface area contributed by atoms with Crippen molar-refractivity contribution in [3.63, 3.8) is 0 Å². The van der Waals surface area contributed by atoms with Crippen LogP contribution in [-0.4, -0.2) is 19.4 Å². The lowest BCUT2D eigenvalue weighted by atomic mass is 9.78. The predicted octanol–water partition coefficient (Wildman–Crippen LogP) is 12.9. The summed E-state index contributed by atoms with van der Waals surface area (Å²) in [5, 5.41) is 0. The topological polar surface area (TPSA) is 56.2 Å². The van der Waals surface area contributed by atoms with Gasteiger partial charge in [0.15, 0.2) is 0 Å². The van der Waals surface area contributed by atoms with Crippen molar-refractivity contribution in [3.05, 3.63) is 181 Å². The summed E-state index contributed by atoms with van der Waals surface area (Å²) < 4.78 is 52.6. The second-order valence-electron chi connectivity index (χ2n) is 13.4. The molecule has 0 radical (unpaired) electrons. The van der Waals surface area contributed by atoms with Gasteiger partial charge >= 0.3 is 5.84 Å². The van der Waals surface area contributed by atoms with Crippen molar-refractivity contribution < 1.29 is 11.3 Å². The van der Waals surface area contributed by atoms with Crippen LogP contribution in [0.4, 0.5) is 0 Å². The van der Waals surface area contributed by atoms with E-state index in [4.69, 9.17) is 16.3 Å². The molecule has 0 atom stereocenters. The summed E-state index contributed by atoms with van der Waals surface area (Å²) in [6, 6.07) is 52.5. The Bertz CT molecular complexity index is 3110. The third-order valence-corrected chi connectivity index (χ3v) is 10.3. The van der Waals surface area contributed by atoms with Crippen LogP contribution in [0.2, 0.25) is 0 Å². The number of aromatic nitrogens is 4. The van der Waals surface area contributed by atoms with Crippen LogP contribution in [0.5, 0.6) is 0 Å². The SMILES string of the molecule is [2H]C([2H])([2H])c1ccc(-c2c(-c3ccccc3)c(-c3ccccc3)cc(-c3ccccc3)c2-c2ccccc2)cc1-c1c(C([2H])([2H])C)ccc2c1nc1oc3nccnc3n12. The van der Waals surface area contributed by atoms with Crippen molar-refractivity contribution in [1.29, 1.82) is 0 Å². The number of hydrogen-bond acceptors (Lipinski definition) is 4. The molecule has 3 heterocycles. The first-order valence-electron chi connectivity index (χ1n) is 20.7. The maximum absolute atomic E-state index is 9.10. The minimum absolute atomic E-state index is 0.0727. The summed E-state index contributed by atoms with van der Waals surface area (Å²) in [5.41, 5.74) is 12.4. The van der Waals surface area contributed by atoms with Gasteiger partial charge in [0.05, 0.1) is 5.52 Å². The van der Waals surface area contributed by atoms with Crippen molar-refractivity contribution in [1.82, 2.24) is 19.4 Å². The molecule has 0 fully saturated rings. The third-order valence-electron chi connectivity index (χ3n) is 10.3. The Hall–Kier alpha value is -7.11. The largest absolute Gasteiger partial charge is 0.402 e. The van der Waals surface area contributed by atoms with Gasteiger partial charge in [0.2, 0.25) is 5.65 Å². The highest BCUT2D eigenvalue weighted by Gasteiger charge is 2.26. The molecule has 10 aromatic rings. The molecule has 0 aliphatic carbocycles. The van der Waals surface area contributed by atoms with Gasteiger partial charge in [0.25, 0.3) is 5.71 Å². The second kappa shape index (κ2) is 13.4. The Balaban J connectivity index is 1.39. The maximum atomic E-state index is 9.10. The normalized spacial score (nSPS) is 13.4. The minimum atomic E-state index is -2.57. The summed E-state index contributed by atoms with van der Waals surface area (Å²) in [6.07, 6.45) is 1.22. The molecule has 0 spiro atoms. The van der Waals surface area contributed by atoms with E-state index in [2.05, 4.69) is 64.6 Å². The fourth-order valence-corrected chi connectivity index (χ4v) is 7.88. The van der Waals surface area contributed by atoms with E-state index in [-0.39, 0.29) is 11.4 Å². The molecule has 5 heteroatoms. The molecule has 0 amide bonds. The fourth-order valence-electron chi connectivity index (χ4n) is 7.88. The van der Waals surface area contributed by atoms with Crippen LogP contribution in [0.3, 0.4) is 0 Å². The molecule has 0 unspecified atom stereocenters. The number of nitrogens with zero attached hydrogens (tertiary/aromatic N) is 4. The van der Waals surface area contributed by atoms with Crippen LogP contribution in [0, 0.1) is 6.85 Å². The van der Waals surface area contributed by atoms with Gasteiger partial charge in [-0.2, -0.15) is 4.98 Å². The summed E-state index contributed by atoms with van der Waals surface area (Å²) >= 11 is 0. The van der Waals surface area contributed by atoms with Crippen LogP contribution in [0.25, 0.3) is 95.0 Å². The summed E-state index contributed by atoms with van der Waals surface area (Å²) in [7, 11) is 0. The van der Waals surface area contributed by atoms with Gasteiger partial charge in [0.1, 0.15) is 5.52 Å². The Morgan fingerprint density at radius 3 is 1.73 bits per heavy atom. The number of oxazole rings is 1. The Kier molecular flexibility index (Phi) is 6.69. The molecule has 0 saturated heterocycles. The molecule has 7 aromatic carbocycles. The van der Waals surface area contributed by atoms with Crippen molar-refractivity contribution in [3.8, 4) is 66.8 Å². The number of aryl methyl sites for hydroxylation is 2. The van der Waals surface area contributed by atoms with Gasteiger partial charge in [0, 0.05) is 24.8 Å². The summed E-state index contributed by atoms with van der Waals surface area (Å²) in [5.74, 6) is 0.216. The lowest BCUT2D eigenvalue weighted by Crippen LogP contribution is -1.99. The van der Waals surface area contributed by atoms with Gasteiger partial charge in [-0.25, -0.2) is 14.4 Å². The van der Waals surface area contributed by atoms with E-state index in [1.807, 2.05) is 84.9 Å². The average Bonchev–Trinajstić information content (AvgIpc) is 3.82. The molecular weight excluding hydrogens is 673 g/mol. The van der Waals surface area contributed by atoms with Crippen molar-refractivity contribution in [2.45, 2.75) is 20.1 Å². The number of imidazole rings is 1. The van der Waals surface area contributed by atoms with Crippen molar-refractivity contribution >= 4 is 28.2 Å². The average molecular weight is 714 g/mol. The van der Waals surface area contributed by atoms with E-state index in [1.54, 1.807) is 35.0 Å². The Morgan fingerprint density at radius 2 is 1.15 bits per heavy atom. The van der Waals surface area contributed by atoms with E-state index < -0.39 is 13.2 Å². The molecule has 0 bridgehead atoms. The van der Waals surface area contributed by atoms with Crippen LogP contribution in [0.15, 0.2) is 175 Å². The first kappa shape index (κ1) is 27.5. The molecule has 55 heavy (non-hydrogen) atoms. The van der Waals surface area contributed by atoms with Crippen LogP contribution >= 0.6 is 0 Å². The van der Waals surface area contributed by atoms with Gasteiger partial charge < -0.3 is 4.42 Å². The molecule has 0 aliphatic heterocycles. The van der Waals surface area contributed by atoms with E-state index in [0.717, 1.165) is 55.6 Å². The van der Waals surface area contributed by atoms with Crippen LogP contribution in [0.1, 0.15) is 24.9 Å². The lowest BCUT2D eigenvalue weighted by Gasteiger charge is -2.25. The first-order chi connectivity index (χ1) is 29.1. The van der Waals surface area contributed by atoms with Crippen molar-refractivity contribution in [2.24, 2.45) is 0 Å². The maximum Gasteiger partial charge on any atom is 0.310 e. The molecule has 3 aromatic heterocycles. The minimum Gasteiger partial charge on any atom is -0.402 e. The molecule has 10 rings (SSSR count). The zero-order chi connectivity index (χ0) is 41.2. The first-order valence-corrected chi connectivity index (χ1v) is 18.2. The molecule has 0 saturated carbocycles. The molecule has 0 N–H and O–H groups in total. The smallest absolute Gasteiger partial charge is 0.310 e. The monoisotopic (exact) mass is 713 g/mol. The van der Waals surface area contributed by atoms with Gasteiger partial charge in [-0.05, 0) is 104 Å². The summed E-state index contributed by atoms with van der Waals surface area (Å²) in [6.45, 7) is -1.09. The van der Waals surface area contributed by atoms with E-state index in [0.29, 0.717) is 39.1 Å². The highest BCUT2D eigenvalue weighted by atomic mass is 16.4. The Labute approximate surface area is 326 Å². The molecular formula is C50H36N4O. The molecule has 262 valence electrons. The predicted molar refractivity (Wildman–Crippen MR) is 225 cm³/mol. The molecule has 5 nitrogen and oxygen atoms in total. The summed E-state index contributed by atoms with van der Waals surface area (Å²) in [4.78, 5) is 13.8. The van der Waals surface area contributed by atoms with E-state index in [1.165, 1.54) is 6.92 Å². The standard InChI is InChI=1S/C50H36N4O/c1-3-33-26-27-42-47(53-50-54(42)48-49(55-50)52-29-28-51-48)45(33)39-30-38(25-24-32(39)2)46-43(36-20-12-6-13-21-36)40(34-16-8-4-9-17-34)31-41(35-18-10-5-11-19-35)44(46)37-22-14-7-15-23-37/h4-31H,3H2,1-2H3/i2D3,3D2.